The van der Waals surface area contributed by atoms with Crippen LogP contribution in [0.1, 0.15) is 0 Å². The van der Waals surface area contributed by atoms with Gasteiger partial charge in [-0.2, -0.15) is 0 Å². The van der Waals surface area contributed by atoms with Crippen molar-refractivity contribution in [3.63, 3.8) is 0 Å². The van der Waals surface area contributed by atoms with Crippen LogP contribution in [-0.2, 0) is 0 Å². The molecular formula is C17H16F3N3O. The largest absolute Gasteiger partial charge is 0.436 e. The Morgan fingerprint density at radius 2 is 1.79 bits per heavy atom. The molecule has 3 rings (SSSR count). The number of hydrogen-bond donors (Lipinski definition) is 1. The Labute approximate surface area is 136 Å². The predicted molar refractivity (Wildman–Crippen MR) is 86.4 cm³/mol. The molecule has 2 aromatic carbocycles. The maximum atomic E-state index is 13.4. The third-order valence-electron chi connectivity index (χ3n) is 3.51. The minimum Gasteiger partial charge on any atom is -0.436 e. The lowest BCUT2D eigenvalue weighted by atomic mass is 10.2. The molecule has 1 N–H and O–H groups in total. The van der Waals surface area contributed by atoms with Crippen LogP contribution < -0.4 is 5.32 Å². The van der Waals surface area contributed by atoms with E-state index < -0.39 is 17.5 Å². The molecule has 24 heavy (non-hydrogen) atoms. The number of nitrogens with one attached hydrogen (secondary N) is 1. The summed E-state index contributed by atoms with van der Waals surface area (Å²) in [4.78, 5) is 6.28. The molecule has 0 radical (unpaired) electrons. The van der Waals surface area contributed by atoms with Crippen molar-refractivity contribution >= 4 is 16.8 Å². The van der Waals surface area contributed by atoms with E-state index in [-0.39, 0.29) is 11.5 Å². The topological polar surface area (TPSA) is 41.3 Å². The molecule has 4 nitrogen and oxygen atoms in total. The van der Waals surface area contributed by atoms with Crippen LogP contribution in [0.25, 0.3) is 22.6 Å². The first kappa shape index (κ1) is 16.3. The van der Waals surface area contributed by atoms with Crippen molar-refractivity contribution < 1.29 is 17.6 Å². The van der Waals surface area contributed by atoms with Crippen LogP contribution in [0.2, 0.25) is 0 Å². The first-order valence-corrected chi connectivity index (χ1v) is 7.38. The summed E-state index contributed by atoms with van der Waals surface area (Å²) in [5.41, 5.74) is 1.93. The summed E-state index contributed by atoms with van der Waals surface area (Å²) in [6, 6.07) is 7.06. The molecule has 0 unspecified atom stereocenters. The molecule has 0 bridgehead atoms. The van der Waals surface area contributed by atoms with Crippen LogP contribution in [-0.4, -0.2) is 37.1 Å². The summed E-state index contributed by atoms with van der Waals surface area (Å²) in [6.07, 6.45) is 0. The zero-order valence-corrected chi connectivity index (χ0v) is 13.2. The number of rotatable bonds is 5. The second-order valence-electron chi connectivity index (χ2n) is 5.69. The van der Waals surface area contributed by atoms with Crippen LogP contribution in [0.3, 0.4) is 0 Å². The van der Waals surface area contributed by atoms with Gasteiger partial charge < -0.3 is 14.6 Å². The summed E-state index contributed by atoms with van der Waals surface area (Å²) in [5, 5.41) is 3.25. The second-order valence-corrected chi connectivity index (χ2v) is 5.69. The van der Waals surface area contributed by atoms with Crippen molar-refractivity contribution in [3.05, 3.63) is 47.8 Å². The van der Waals surface area contributed by atoms with Crippen molar-refractivity contribution in [1.82, 2.24) is 9.88 Å². The van der Waals surface area contributed by atoms with E-state index >= 15 is 0 Å². The quantitative estimate of drug-likeness (QED) is 0.719. The van der Waals surface area contributed by atoms with Gasteiger partial charge in [0, 0.05) is 24.3 Å². The van der Waals surface area contributed by atoms with E-state index in [2.05, 4.69) is 15.2 Å². The van der Waals surface area contributed by atoms with Gasteiger partial charge in [0.1, 0.15) is 5.52 Å². The molecule has 0 aliphatic rings. The van der Waals surface area contributed by atoms with Gasteiger partial charge in [-0.3, -0.25) is 0 Å². The summed E-state index contributed by atoms with van der Waals surface area (Å²) in [6.45, 7) is 1.63. The highest BCUT2D eigenvalue weighted by atomic mass is 19.2. The smallest absolute Gasteiger partial charge is 0.227 e. The van der Waals surface area contributed by atoms with Gasteiger partial charge in [0.2, 0.25) is 5.89 Å². The molecule has 7 heteroatoms. The minimum absolute atomic E-state index is 0.0354. The molecule has 1 heterocycles. The number of nitrogens with zero attached hydrogens (tertiary/aromatic N) is 2. The van der Waals surface area contributed by atoms with E-state index in [0.717, 1.165) is 30.9 Å². The Kier molecular flexibility index (Phi) is 4.44. The number of halogens is 3. The van der Waals surface area contributed by atoms with Gasteiger partial charge in [-0.05, 0) is 44.4 Å². The third kappa shape index (κ3) is 3.35. The summed E-state index contributed by atoms with van der Waals surface area (Å²) in [5.74, 6) is -4.04. The number of fused-ring (bicyclic) bond motifs is 1. The Hall–Kier alpha value is -2.54. The van der Waals surface area contributed by atoms with E-state index in [1.165, 1.54) is 0 Å². The number of oxazole rings is 1. The molecule has 0 saturated carbocycles. The van der Waals surface area contributed by atoms with E-state index in [1.54, 1.807) is 12.1 Å². The number of likely N-dealkylation sites (N-methyl/N-ethyl adjacent to an activating group) is 1. The van der Waals surface area contributed by atoms with Crippen LogP contribution >= 0.6 is 0 Å². The lowest BCUT2D eigenvalue weighted by Crippen LogP contribution is -2.20. The Balaban J connectivity index is 1.88. The average Bonchev–Trinajstić information content (AvgIpc) is 2.95. The van der Waals surface area contributed by atoms with E-state index in [4.69, 9.17) is 4.42 Å². The van der Waals surface area contributed by atoms with Crippen molar-refractivity contribution in [3.8, 4) is 11.5 Å². The lowest BCUT2D eigenvalue weighted by molar-refractivity contribution is 0.425. The minimum atomic E-state index is -1.51. The fraction of sp³-hybridized carbons (Fsp3) is 0.235. The van der Waals surface area contributed by atoms with Gasteiger partial charge >= 0.3 is 0 Å². The predicted octanol–water partition coefficient (Wildman–Crippen LogP) is 3.89. The van der Waals surface area contributed by atoms with Gasteiger partial charge in [-0.1, -0.05) is 0 Å². The normalized spacial score (nSPS) is 11.4. The van der Waals surface area contributed by atoms with Crippen molar-refractivity contribution in [2.45, 2.75) is 0 Å². The third-order valence-corrected chi connectivity index (χ3v) is 3.51. The summed E-state index contributed by atoms with van der Waals surface area (Å²) >= 11 is 0. The fourth-order valence-electron chi connectivity index (χ4n) is 2.26. The zero-order chi connectivity index (χ0) is 17.3. The number of anilines is 1. The summed E-state index contributed by atoms with van der Waals surface area (Å²) in [7, 11) is 3.96. The second kappa shape index (κ2) is 6.52. The van der Waals surface area contributed by atoms with Crippen molar-refractivity contribution in [1.29, 1.82) is 0 Å². The molecular weight excluding hydrogens is 319 g/mol. The Morgan fingerprint density at radius 3 is 2.46 bits per heavy atom. The van der Waals surface area contributed by atoms with Gasteiger partial charge in [0.15, 0.2) is 23.0 Å². The Morgan fingerprint density at radius 1 is 1.08 bits per heavy atom. The zero-order valence-electron chi connectivity index (χ0n) is 13.2. The molecule has 0 aliphatic heterocycles. The Bertz CT molecular complexity index is 854. The maximum absolute atomic E-state index is 13.4. The van der Waals surface area contributed by atoms with Crippen molar-refractivity contribution in [2.75, 3.05) is 32.5 Å². The molecule has 0 saturated heterocycles. The molecule has 126 valence electrons. The van der Waals surface area contributed by atoms with E-state index in [1.807, 2.05) is 20.2 Å². The number of hydrogen-bond acceptors (Lipinski definition) is 4. The maximum Gasteiger partial charge on any atom is 0.227 e. The monoisotopic (exact) mass is 335 g/mol. The van der Waals surface area contributed by atoms with E-state index in [9.17, 15) is 13.2 Å². The molecule has 0 fully saturated rings. The average molecular weight is 335 g/mol. The molecule has 0 aliphatic carbocycles. The molecule has 0 amide bonds. The first-order chi connectivity index (χ1) is 11.4. The summed E-state index contributed by atoms with van der Waals surface area (Å²) < 4.78 is 45.2. The highest BCUT2D eigenvalue weighted by molar-refractivity contribution is 5.80. The number of aromatic nitrogens is 1. The van der Waals surface area contributed by atoms with Gasteiger partial charge in [-0.25, -0.2) is 18.2 Å². The van der Waals surface area contributed by atoms with Crippen LogP contribution in [0.4, 0.5) is 18.9 Å². The fourth-order valence-corrected chi connectivity index (χ4v) is 2.26. The molecule has 0 atom stereocenters. The highest BCUT2D eigenvalue weighted by Gasteiger charge is 2.15. The van der Waals surface area contributed by atoms with Gasteiger partial charge in [0.05, 0.1) is 0 Å². The van der Waals surface area contributed by atoms with Crippen molar-refractivity contribution in [2.24, 2.45) is 0 Å². The van der Waals surface area contributed by atoms with Crippen LogP contribution in [0.5, 0.6) is 0 Å². The standard InChI is InChI=1S/C17H16F3N3O/c1-23(2)6-5-21-11-3-4-15-14(9-11)22-17(24-15)10-7-12(18)16(20)13(19)8-10/h3-4,7-9,21H,5-6H2,1-2H3. The highest BCUT2D eigenvalue weighted by Crippen LogP contribution is 2.28. The van der Waals surface area contributed by atoms with Gasteiger partial charge in [-0.15, -0.1) is 0 Å². The van der Waals surface area contributed by atoms with Gasteiger partial charge in [0.25, 0.3) is 0 Å². The molecule has 0 spiro atoms. The number of benzene rings is 2. The van der Waals surface area contributed by atoms with Crippen LogP contribution in [0.15, 0.2) is 34.7 Å². The lowest BCUT2D eigenvalue weighted by Gasteiger charge is -2.10. The van der Waals surface area contributed by atoms with E-state index in [0.29, 0.717) is 11.1 Å². The molecule has 3 aromatic rings. The molecule has 1 aromatic heterocycles. The first-order valence-electron chi connectivity index (χ1n) is 7.38. The SMILES string of the molecule is CN(C)CCNc1ccc2oc(-c3cc(F)c(F)c(F)c3)nc2c1. The van der Waals surface area contributed by atoms with Crippen LogP contribution in [0, 0.1) is 17.5 Å².